The van der Waals surface area contributed by atoms with Gasteiger partial charge in [0.2, 0.25) is 0 Å². The first-order valence-electron chi connectivity index (χ1n) is 9.45. The number of alkyl halides is 1. The van der Waals surface area contributed by atoms with Crippen LogP contribution in [-0.4, -0.2) is 51.2 Å². The summed E-state index contributed by atoms with van der Waals surface area (Å²) in [7, 11) is -4.37. The number of halogens is 1. The Morgan fingerprint density at radius 2 is 2.17 bits per heavy atom. The number of nitrogens with zero attached hydrogens (tertiary/aromatic N) is 2. The predicted octanol–water partition coefficient (Wildman–Crippen LogP) is 2.28. The molecule has 2 rings (SSSR count). The Hall–Kier alpha value is -1.46. The number of anilines is 1. The van der Waals surface area contributed by atoms with E-state index in [9.17, 15) is 23.4 Å². The van der Waals surface area contributed by atoms with Crippen molar-refractivity contribution in [3.05, 3.63) is 22.7 Å². The standard InChI is InChI=1S/C17H27FN3O7PS/c1-10(2)28-16(22)11(3)5-7-26-29(24,25)27-9-12-8-13(18)15(30-12)21-6-4-14(19)20-17(21)23/h4,6,10-13,15H,5,7-9H2,1-3H3,(H,24,25)(H2,19,20,23)/t11-,12+,13+,15-/m1/s1. The molecule has 0 radical (unpaired) electrons. The van der Waals surface area contributed by atoms with Crippen molar-refractivity contribution in [2.45, 2.75) is 56.5 Å². The van der Waals surface area contributed by atoms with Gasteiger partial charge >= 0.3 is 19.5 Å². The Morgan fingerprint density at radius 3 is 2.80 bits per heavy atom. The number of nitrogens with two attached hydrogens (primary N) is 1. The molecule has 10 nitrogen and oxygen atoms in total. The van der Waals surface area contributed by atoms with E-state index >= 15 is 0 Å². The highest BCUT2D eigenvalue weighted by molar-refractivity contribution is 8.00. The molecule has 1 aromatic rings. The SMILES string of the molecule is CC(C)OC(=O)[C@H](C)CCOP(=O)(O)OC[C@@H]1C[C@H](F)[C@H](n2ccc(N)nc2=O)S1. The van der Waals surface area contributed by atoms with Crippen molar-refractivity contribution < 1.29 is 32.4 Å². The monoisotopic (exact) mass is 467 g/mol. The van der Waals surface area contributed by atoms with Crippen LogP contribution in [0, 0.1) is 5.92 Å². The molecule has 0 bridgehead atoms. The minimum Gasteiger partial charge on any atom is -0.463 e. The predicted molar refractivity (Wildman–Crippen MR) is 110 cm³/mol. The number of carbonyl (C=O) groups excluding carboxylic acids is 1. The Balaban J connectivity index is 1.80. The number of nitrogen functional groups attached to an aromatic ring is 1. The summed E-state index contributed by atoms with van der Waals surface area (Å²) < 4.78 is 42.5. The van der Waals surface area contributed by atoms with Crippen LogP contribution >= 0.6 is 19.6 Å². The molecule has 1 aromatic heterocycles. The van der Waals surface area contributed by atoms with Crippen molar-refractivity contribution in [3.63, 3.8) is 0 Å². The van der Waals surface area contributed by atoms with Gasteiger partial charge in [-0.25, -0.2) is 13.8 Å². The number of carbonyl (C=O) groups is 1. The molecule has 1 unspecified atom stereocenters. The highest BCUT2D eigenvalue weighted by Crippen LogP contribution is 2.48. The summed E-state index contributed by atoms with van der Waals surface area (Å²) >= 11 is 1.10. The number of phosphoric ester groups is 1. The maximum atomic E-state index is 14.4. The lowest BCUT2D eigenvalue weighted by Gasteiger charge is -2.17. The van der Waals surface area contributed by atoms with E-state index in [1.165, 1.54) is 12.3 Å². The number of thioether (sulfide) groups is 1. The number of ether oxygens (including phenoxy) is 1. The summed E-state index contributed by atoms with van der Waals surface area (Å²) in [5.41, 5.74) is 4.77. The number of hydrogen-bond acceptors (Lipinski definition) is 9. The summed E-state index contributed by atoms with van der Waals surface area (Å²) in [5.74, 6) is -0.880. The van der Waals surface area contributed by atoms with Crippen LogP contribution in [0.2, 0.25) is 0 Å². The lowest BCUT2D eigenvalue weighted by Crippen LogP contribution is -2.28. The molecule has 13 heteroatoms. The zero-order valence-corrected chi connectivity index (χ0v) is 18.7. The van der Waals surface area contributed by atoms with Gasteiger partial charge in [-0.2, -0.15) is 4.98 Å². The molecule has 30 heavy (non-hydrogen) atoms. The smallest absolute Gasteiger partial charge is 0.463 e. The molecule has 1 saturated heterocycles. The maximum Gasteiger partial charge on any atom is 0.472 e. The van der Waals surface area contributed by atoms with E-state index in [-0.39, 0.29) is 38.0 Å². The summed E-state index contributed by atoms with van der Waals surface area (Å²) in [4.78, 5) is 37.0. The lowest BCUT2D eigenvalue weighted by atomic mass is 10.1. The van der Waals surface area contributed by atoms with Gasteiger partial charge in [0.1, 0.15) is 17.4 Å². The van der Waals surface area contributed by atoms with Crippen LogP contribution in [0.4, 0.5) is 10.2 Å². The molecular formula is C17H27FN3O7PS. The van der Waals surface area contributed by atoms with Crippen LogP contribution < -0.4 is 11.4 Å². The molecule has 170 valence electrons. The third-order valence-corrected chi connectivity index (χ3v) is 6.74. The van der Waals surface area contributed by atoms with Gasteiger partial charge in [-0.05, 0) is 32.8 Å². The van der Waals surface area contributed by atoms with Crippen molar-refractivity contribution in [2.75, 3.05) is 18.9 Å². The molecule has 1 aliphatic rings. The van der Waals surface area contributed by atoms with Gasteiger partial charge in [0.05, 0.1) is 25.2 Å². The van der Waals surface area contributed by atoms with Crippen LogP contribution in [0.15, 0.2) is 17.1 Å². The fourth-order valence-electron chi connectivity index (χ4n) is 2.70. The van der Waals surface area contributed by atoms with Crippen LogP contribution in [-0.2, 0) is 23.1 Å². The Labute approximate surface area is 177 Å². The largest absolute Gasteiger partial charge is 0.472 e. The van der Waals surface area contributed by atoms with Gasteiger partial charge in [0.25, 0.3) is 0 Å². The normalized spacial score (nSPS) is 24.5. The second kappa shape index (κ2) is 10.7. The highest BCUT2D eigenvalue weighted by Gasteiger charge is 2.38. The van der Waals surface area contributed by atoms with Gasteiger partial charge in [-0.1, -0.05) is 6.92 Å². The van der Waals surface area contributed by atoms with Crippen molar-refractivity contribution in [1.82, 2.24) is 9.55 Å². The number of rotatable bonds is 10. The average Bonchev–Trinajstić information content (AvgIpc) is 3.00. The Bertz CT molecular complexity index is 840. The first kappa shape index (κ1) is 24.8. The van der Waals surface area contributed by atoms with Gasteiger partial charge < -0.3 is 15.4 Å². The molecule has 0 spiro atoms. The first-order chi connectivity index (χ1) is 14.0. The molecule has 2 heterocycles. The summed E-state index contributed by atoms with van der Waals surface area (Å²) in [6, 6.07) is 1.40. The molecule has 1 aliphatic heterocycles. The van der Waals surface area contributed by atoms with Gasteiger partial charge in [-0.3, -0.25) is 18.4 Å². The van der Waals surface area contributed by atoms with Gasteiger partial charge in [0.15, 0.2) is 0 Å². The second-order valence-corrected chi connectivity index (χ2v) is 10.1. The van der Waals surface area contributed by atoms with E-state index in [0.29, 0.717) is 0 Å². The third-order valence-electron chi connectivity index (χ3n) is 4.24. The van der Waals surface area contributed by atoms with E-state index in [2.05, 4.69) is 4.98 Å². The zero-order valence-electron chi connectivity index (χ0n) is 17.0. The molecule has 0 aromatic carbocycles. The second-order valence-electron chi connectivity index (χ2n) is 7.22. The minimum atomic E-state index is -4.37. The zero-order chi connectivity index (χ0) is 22.5. The van der Waals surface area contributed by atoms with Gasteiger partial charge in [-0.15, -0.1) is 11.8 Å². The number of hydrogen-bond donors (Lipinski definition) is 2. The van der Waals surface area contributed by atoms with Crippen molar-refractivity contribution in [3.8, 4) is 0 Å². The van der Waals surface area contributed by atoms with E-state index in [0.717, 1.165) is 16.3 Å². The van der Waals surface area contributed by atoms with E-state index in [1.54, 1.807) is 20.8 Å². The van der Waals surface area contributed by atoms with Crippen LogP contribution in [0.25, 0.3) is 0 Å². The third kappa shape index (κ3) is 7.35. The summed E-state index contributed by atoms with van der Waals surface area (Å²) in [5, 5.41) is -1.29. The fraction of sp³-hybridized carbons (Fsp3) is 0.706. The first-order valence-corrected chi connectivity index (χ1v) is 11.9. The molecule has 0 amide bonds. The lowest BCUT2D eigenvalue weighted by molar-refractivity contribution is -0.152. The summed E-state index contributed by atoms with van der Waals surface area (Å²) in [6.07, 6.45) is -0.0358. The average molecular weight is 467 g/mol. The van der Waals surface area contributed by atoms with Crippen LogP contribution in [0.5, 0.6) is 0 Å². The highest BCUT2D eigenvalue weighted by atomic mass is 32.2. The maximum absolute atomic E-state index is 14.4. The van der Waals surface area contributed by atoms with Crippen LogP contribution in [0.1, 0.15) is 39.0 Å². The number of phosphoric acid groups is 1. The Morgan fingerprint density at radius 1 is 1.47 bits per heavy atom. The fourth-order valence-corrected chi connectivity index (χ4v) is 4.99. The quantitative estimate of drug-likeness (QED) is 0.388. The Kier molecular flexibility index (Phi) is 8.86. The molecule has 5 atom stereocenters. The molecule has 3 N–H and O–H groups in total. The van der Waals surface area contributed by atoms with Crippen molar-refractivity contribution in [2.24, 2.45) is 5.92 Å². The van der Waals surface area contributed by atoms with E-state index in [4.69, 9.17) is 19.5 Å². The summed E-state index contributed by atoms with van der Waals surface area (Å²) in [6.45, 7) is 4.66. The molecule has 0 aliphatic carbocycles. The van der Waals surface area contributed by atoms with Crippen molar-refractivity contribution >= 4 is 31.4 Å². The molecular weight excluding hydrogens is 440 g/mol. The topological polar surface area (TPSA) is 143 Å². The number of aromatic nitrogens is 2. The minimum absolute atomic E-state index is 0.0320. The van der Waals surface area contributed by atoms with E-state index in [1.807, 2.05) is 0 Å². The number of esters is 1. The van der Waals surface area contributed by atoms with E-state index < -0.39 is 42.2 Å². The molecule has 1 fully saturated rings. The van der Waals surface area contributed by atoms with Gasteiger partial charge in [0, 0.05) is 11.4 Å². The van der Waals surface area contributed by atoms with Crippen LogP contribution in [0.3, 0.4) is 0 Å². The van der Waals surface area contributed by atoms with Crippen molar-refractivity contribution in [1.29, 1.82) is 0 Å². The molecule has 0 saturated carbocycles.